The highest BCUT2D eigenvalue weighted by Crippen LogP contribution is 2.15. The second-order valence-electron chi connectivity index (χ2n) is 5.77. The van der Waals surface area contributed by atoms with Crippen molar-refractivity contribution < 1.29 is 4.79 Å². The third-order valence-corrected chi connectivity index (χ3v) is 3.95. The maximum Gasteiger partial charge on any atom is 0.221 e. The summed E-state index contributed by atoms with van der Waals surface area (Å²) in [6.07, 6.45) is 3.89. The number of carbonyl (C=O) groups excluding carboxylic acids is 1. The normalized spacial score (nSPS) is 18.8. The van der Waals surface area contributed by atoms with E-state index in [2.05, 4.69) is 34.4 Å². The molecular formula is C15H30N4O. The minimum atomic E-state index is 0.106. The number of nitrogens with one attached hydrogen (secondary N) is 2. The smallest absolute Gasteiger partial charge is 0.221 e. The van der Waals surface area contributed by atoms with Gasteiger partial charge in [-0.1, -0.05) is 13.8 Å². The first-order chi connectivity index (χ1) is 9.56. The van der Waals surface area contributed by atoms with E-state index < -0.39 is 0 Å². The molecule has 0 aromatic rings. The van der Waals surface area contributed by atoms with Gasteiger partial charge in [0.05, 0.1) is 0 Å². The summed E-state index contributed by atoms with van der Waals surface area (Å²) in [4.78, 5) is 18.3. The Labute approximate surface area is 123 Å². The van der Waals surface area contributed by atoms with Gasteiger partial charge in [-0.05, 0) is 32.1 Å². The molecule has 0 aromatic carbocycles. The molecule has 0 aliphatic carbocycles. The molecule has 1 saturated heterocycles. The Kier molecular flexibility index (Phi) is 7.41. The van der Waals surface area contributed by atoms with Crippen LogP contribution in [0.25, 0.3) is 0 Å². The second kappa shape index (κ2) is 8.82. The van der Waals surface area contributed by atoms with Gasteiger partial charge in [-0.3, -0.25) is 9.79 Å². The third-order valence-electron chi connectivity index (χ3n) is 3.95. The molecule has 1 fully saturated rings. The highest BCUT2D eigenvalue weighted by molar-refractivity contribution is 5.81. The summed E-state index contributed by atoms with van der Waals surface area (Å²) >= 11 is 0. The molecule has 0 saturated carbocycles. The average Bonchev–Trinajstić information content (AvgIpc) is 2.44. The maximum atomic E-state index is 11.7. The minimum Gasteiger partial charge on any atom is -0.356 e. The molecule has 1 rings (SSSR count). The Morgan fingerprint density at radius 3 is 2.60 bits per heavy atom. The number of likely N-dealkylation sites (tertiary alicyclic amines) is 1. The first-order valence-electron chi connectivity index (χ1n) is 7.81. The van der Waals surface area contributed by atoms with E-state index in [0.29, 0.717) is 13.0 Å². The molecule has 1 amide bonds. The number of aliphatic imine (C=N–C) groups is 1. The number of nitrogens with zero attached hydrogens (tertiary/aromatic N) is 2. The van der Waals surface area contributed by atoms with Crippen LogP contribution < -0.4 is 10.6 Å². The molecule has 5 heteroatoms. The quantitative estimate of drug-likeness (QED) is 0.595. The summed E-state index contributed by atoms with van der Waals surface area (Å²) in [6, 6.07) is 0.255. The Balaban J connectivity index is 2.27. The van der Waals surface area contributed by atoms with Crippen LogP contribution in [0.2, 0.25) is 0 Å². The highest BCUT2D eigenvalue weighted by atomic mass is 16.1. The van der Waals surface area contributed by atoms with Crippen LogP contribution in [-0.2, 0) is 4.79 Å². The fourth-order valence-electron chi connectivity index (χ4n) is 2.29. The largest absolute Gasteiger partial charge is 0.356 e. The predicted molar refractivity (Wildman–Crippen MR) is 83.8 cm³/mol. The lowest BCUT2D eigenvalue weighted by molar-refractivity contribution is -0.121. The second-order valence-corrected chi connectivity index (χ2v) is 5.77. The van der Waals surface area contributed by atoms with Crippen molar-refractivity contribution in [3.63, 3.8) is 0 Å². The number of guanidine groups is 1. The van der Waals surface area contributed by atoms with E-state index in [1.165, 1.54) is 12.8 Å². The van der Waals surface area contributed by atoms with Crippen LogP contribution in [0, 0.1) is 5.92 Å². The summed E-state index contributed by atoms with van der Waals surface area (Å²) in [7, 11) is 1.81. The van der Waals surface area contributed by atoms with Crippen LogP contribution in [-0.4, -0.2) is 49.5 Å². The van der Waals surface area contributed by atoms with E-state index in [4.69, 9.17) is 0 Å². The van der Waals surface area contributed by atoms with Gasteiger partial charge in [0.15, 0.2) is 5.96 Å². The van der Waals surface area contributed by atoms with E-state index in [0.717, 1.165) is 31.4 Å². The standard InChI is InChI=1S/C15H30N4O/c1-5-13(3)18-14(20)6-9-17-15(16-4)19-10-7-12(2)8-11-19/h12-13H,5-11H2,1-4H3,(H,16,17)(H,18,20). The SMILES string of the molecule is CCC(C)NC(=O)CCNC(=NC)N1CCC(C)CC1. The topological polar surface area (TPSA) is 56.7 Å². The van der Waals surface area contributed by atoms with Crippen LogP contribution in [0.1, 0.15) is 46.5 Å². The van der Waals surface area contributed by atoms with Crippen LogP contribution >= 0.6 is 0 Å². The van der Waals surface area contributed by atoms with E-state index >= 15 is 0 Å². The molecule has 0 spiro atoms. The molecule has 5 nitrogen and oxygen atoms in total. The molecular weight excluding hydrogens is 252 g/mol. The summed E-state index contributed by atoms with van der Waals surface area (Å²) in [5.41, 5.74) is 0. The summed E-state index contributed by atoms with van der Waals surface area (Å²) in [5.74, 6) is 1.84. The number of hydrogen-bond acceptors (Lipinski definition) is 2. The van der Waals surface area contributed by atoms with Crippen molar-refractivity contribution in [1.29, 1.82) is 0 Å². The molecule has 20 heavy (non-hydrogen) atoms. The number of hydrogen-bond donors (Lipinski definition) is 2. The zero-order chi connectivity index (χ0) is 15.0. The summed E-state index contributed by atoms with van der Waals surface area (Å²) < 4.78 is 0. The predicted octanol–water partition coefficient (Wildman–Crippen LogP) is 1.60. The molecule has 0 aromatic heterocycles. The van der Waals surface area contributed by atoms with Crippen LogP contribution in [0.15, 0.2) is 4.99 Å². The van der Waals surface area contributed by atoms with Crippen molar-refractivity contribution in [2.24, 2.45) is 10.9 Å². The highest BCUT2D eigenvalue weighted by Gasteiger charge is 2.18. The Morgan fingerprint density at radius 2 is 2.05 bits per heavy atom. The molecule has 2 N–H and O–H groups in total. The van der Waals surface area contributed by atoms with Gasteiger partial charge >= 0.3 is 0 Å². The molecule has 1 heterocycles. The van der Waals surface area contributed by atoms with Crippen LogP contribution in [0.4, 0.5) is 0 Å². The van der Waals surface area contributed by atoms with Crippen molar-refractivity contribution in [3.8, 4) is 0 Å². The molecule has 1 atom stereocenters. The number of carbonyl (C=O) groups is 1. The van der Waals surface area contributed by atoms with Gasteiger partial charge in [-0.25, -0.2) is 0 Å². The van der Waals surface area contributed by atoms with Crippen molar-refractivity contribution in [1.82, 2.24) is 15.5 Å². The minimum absolute atomic E-state index is 0.106. The van der Waals surface area contributed by atoms with Crippen LogP contribution in [0.3, 0.4) is 0 Å². The van der Waals surface area contributed by atoms with Gasteiger partial charge in [-0.2, -0.15) is 0 Å². The summed E-state index contributed by atoms with van der Waals surface area (Å²) in [6.45, 7) is 9.15. The first-order valence-corrected chi connectivity index (χ1v) is 7.81. The van der Waals surface area contributed by atoms with Gasteiger partial charge in [-0.15, -0.1) is 0 Å². The van der Waals surface area contributed by atoms with Crippen molar-refractivity contribution >= 4 is 11.9 Å². The lowest BCUT2D eigenvalue weighted by atomic mass is 10.00. The molecule has 1 aliphatic rings. The fourth-order valence-corrected chi connectivity index (χ4v) is 2.29. The van der Waals surface area contributed by atoms with Gasteiger partial charge in [0.2, 0.25) is 5.91 Å². The molecule has 1 unspecified atom stereocenters. The van der Waals surface area contributed by atoms with Crippen molar-refractivity contribution in [2.75, 3.05) is 26.7 Å². The maximum absolute atomic E-state index is 11.7. The Bertz CT molecular complexity index is 322. The number of rotatable bonds is 5. The molecule has 0 radical (unpaired) electrons. The van der Waals surface area contributed by atoms with Gasteiger partial charge in [0, 0.05) is 39.1 Å². The van der Waals surface area contributed by atoms with E-state index in [-0.39, 0.29) is 11.9 Å². The lowest BCUT2D eigenvalue weighted by Crippen LogP contribution is -2.46. The first kappa shape index (κ1) is 16.8. The average molecular weight is 282 g/mol. The van der Waals surface area contributed by atoms with E-state index in [1.807, 2.05) is 6.92 Å². The zero-order valence-corrected chi connectivity index (χ0v) is 13.4. The fraction of sp³-hybridized carbons (Fsp3) is 0.867. The monoisotopic (exact) mass is 282 g/mol. The Hall–Kier alpha value is -1.26. The van der Waals surface area contributed by atoms with E-state index in [9.17, 15) is 4.79 Å². The van der Waals surface area contributed by atoms with E-state index in [1.54, 1.807) is 7.05 Å². The lowest BCUT2D eigenvalue weighted by Gasteiger charge is -2.32. The van der Waals surface area contributed by atoms with Gasteiger partial charge in [0.25, 0.3) is 0 Å². The molecule has 0 bridgehead atoms. The van der Waals surface area contributed by atoms with Gasteiger partial charge in [0.1, 0.15) is 0 Å². The van der Waals surface area contributed by atoms with Crippen molar-refractivity contribution in [3.05, 3.63) is 0 Å². The third kappa shape index (κ3) is 5.80. The molecule has 1 aliphatic heterocycles. The van der Waals surface area contributed by atoms with Crippen molar-refractivity contribution in [2.45, 2.75) is 52.5 Å². The molecule has 116 valence electrons. The number of piperidine rings is 1. The van der Waals surface area contributed by atoms with Crippen LogP contribution in [0.5, 0.6) is 0 Å². The summed E-state index contributed by atoms with van der Waals surface area (Å²) in [5, 5.41) is 6.27. The number of amides is 1. The van der Waals surface area contributed by atoms with Gasteiger partial charge < -0.3 is 15.5 Å². The zero-order valence-electron chi connectivity index (χ0n) is 13.4. The Morgan fingerprint density at radius 1 is 1.40 bits per heavy atom.